The molecule has 38 heavy (non-hydrogen) atoms. The molecule has 0 radical (unpaired) electrons. The predicted octanol–water partition coefficient (Wildman–Crippen LogP) is 9.99. The molecule has 0 nitrogen and oxygen atoms in total. The maximum atomic E-state index is 2.50. The lowest BCUT2D eigenvalue weighted by atomic mass is 9.48. The first-order valence-electron chi connectivity index (χ1n) is 16.6. The number of benzene rings is 2. The van der Waals surface area contributed by atoms with Gasteiger partial charge in [-0.05, 0) is 164 Å². The molecule has 2 aromatic carbocycles. The molecule has 0 saturated heterocycles. The van der Waals surface area contributed by atoms with Gasteiger partial charge < -0.3 is 0 Å². The second-order valence-corrected chi connectivity index (χ2v) is 16.4. The summed E-state index contributed by atoms with van der Waals surface area (Å²) in [7, 11) is 0. The van der Waals surface area contributed by atoms with Crippen molar-refractivity contribution in [3.63, 3.8) is 0 Å². The summed E-state index contributed by atoms with van der Waals surface area (Å²) in [4.78, 5) is 0. The summed E-state index contributed by atoms with van der Waals surface area (Å²) in [5.41, 5.74) is 7.51. The fourth-order valence-corrected chi connectivity index (χ4v) is 12.5. The highest BCUT2D eigenvalue weighted by Gasteiger charge is 2.51. The standard InChI is InChI=1S/C38H50/c1-25(2)36(34-7-3-26(4-8-34)17-37-19-28-11-29(20-37)13-30(12-28)21-37)35-9-5-27(6-10-35)18-38-22-31-14-32(23-38)16-33(15-31)24-38/h3-10,25,28-33,36H,11-24H2,1-2H3. The van der Waals surface area contributed by atoms with Crippen LogP contribution in [-0.4, -0.2) is 0 Å². The van der Waals surface area contributed by atoms with Crippen molar-refractivity contribution >= 4 is 0 Å². The smallest absolute Gasteiger partial charge is 0.0112 e. The van der Waals surface area contributed by atoms with Crippen LogP contribution in [0.15, 0.2) is 48.5 Å². The van der Waals surface area contributed by atoms with Gasteiger partial charge in [-0.15, -0.1) is 0 Å². The average molecular weight is 507 g/mol. The maximum absolute atomic E-state index is 2.50. The molecule has 202 valence electrons. The monoisotopic (exact) mass is 506 g/mol. The molecule has 8 saturated carbocycles. The van der Waals surface area contributed by atoms with E-state index in [9.17, 15) is 0 Å². The summed E-state index contributed by atoms with van der Waals surface area (Å²) >= 11 is 0. The molecule has 10 rings (SSSR count). The van der Waals surface area contributed by atoms with E-state index in [4.69, 9.17) is 0 Å². The fraction of sp³-hybridized carbons (Fsp3) is 0.684. The normalized spacial score (nSPS) is 41.2. The predicted molar refractivity (Wildman–Crippen MR) is 158 cm³/mol. The van der Waals surface area contributed by atoms with Gasteiger partial charge in [-0.1, -0.05) is 62.4 Å². The van der Waals surface area contributed by atoms with E-state index in [1.807, 2.05) is 0 Å². The van der Waals surface area contributed by atoms with Crippen molar-refractivity contribution in [2.75, 3.05) is 0 Å². The minimum Gasteiger partial charge on any atom is -0.0619 e. The summed E-state index contributed by atoms with van der Waals surface area (Å²) in [6.45, 7) is 4.83. The van der Waals surface area contributed by atoms with Crippen LogP contribution in [0.4, 0.5) is 0 Å². The molecule has 0 heterocycles. The number of hydrogen-bond acceptors (Lipinski definition) is 0. The van der Waals surface area contributed by atoms with E-state index in [0.717, 1.165) is 35.5 Å². The number of hydrogen-bond donors (Lipinski definition) is 0. The quantitative estimate of drug-likeness (QED) is 0.350. The zero-order chi connectivity index (χ0) is 25.5. The Morgan fingerprint density at radius 3 is 1.05 bits per heavy atom. The number of rotatable bonds is 7. The Kier molecular flexibility index (Phi) is 5.73. The first kappa shape index (κ1) is 24.3. The molecule has 2 aromatic rings. The molecule has 0 heteroatoms. The van der Waals surface area contributed by atoms with Gasteiger partial charge in [0.15, 0.2) is 0 Å². The third-order valence-electron chi connectivity index (χ3n) is 12.8. The van der Waals surface area contributed by atoms with Gasteiger partial charge in [-0.3, -0.25) is 0 Å². The molecule has 0 atom stereocenters. The van der Waals surface area contributed by atoms with Crippen molar-refractivity contribution in [1.82, 2.24) is 0 Å². The van der Waals surface area contributed by atoms with E-state index in [1.54, 1.807) is 49.7 Å². The van der Waals surface area contributed by atoms with Gasteiger partial charge in [0.2, 0.25) is 0 Å². The molecular formula is C38H50. The Hall–Kier alpha value is -1.56. The molecule has 0 N–H and O–H groups in total. The third-order valence-corrected chi connectivity index (χ3v) is 12.8. The zero-order valence-corrected chi connectivity index (χ0v) is 24.1. The molecule has 8 aliphatic rings. The Balaban J connectivity index is 0.974. The van der Waals surface area contributed by atoms with E-state index < -0.39 is 0 Å². The maximum Gasteiger partial charge on any atom is 0.0112 e. The highest BCUT2D eigenvalue weighted by atomic mass is 14.6. The molecule has 0 aliphatic heterocycles. The van der Waals surface area contributed by atoms with E-state index in [1.165, 1.54) is 62.5 Å². The van der Waals surface area contributed by atoms with Gasteiger partial charge in [0, 0.05) is 5.92 Å². The lowest BCUT2D eigenvalue weighted by Gasteiger charge is -2.57. The van der Waals surface area contributed by atoms with Gasteiger partial charge in [0.25, 0.3) is 0 Å². The van der Waals surface area contributed by atoms with E-state index >= 15 is 0 Å². The Morgan fingerprint density at radius 2 is 0.789 bits per heavy atom. The highest BCUT2D eigenvalue weighted by molar-refractivity contribution is 5.37. The van der Waals surface area contributed by atoms with Gasteiger partial charge in [-0.2, -0.15) is 0 Å². The van der Waals surface area contributed by atoms with Crippen molar-refractivity contribution in [1.29, 1.82) is 0 Å². The van der Waals surface area contributed by atoms with Crippen LogP contribution in [0.2, 0.25) is 0 Å². The first-order valence-corrected chi connectivity index (χ1v) is 16.6. The van der Waals surface area contributed by atoms with Crippen molar-refractivity contribution in [2.24, 2.45) is 52.3 Å². The average Bonchev–Trinajstić information content (AvgIpc) is 2.84. The van der Waals surface area contributed by atoms with Crippen molar-refractivity contribution in [2.45, 2.75) is 110 Å². The molecular weight excluding hydrogens is 456 g/mol. The summed E-state index contributed by atoms with van der Waals surface area (Å²) < 4.78 is 0. The summed E-state index contributed by atoms with van der Waals surface area (Å²) in [5.74, 6) is 7.42. The Morgan fingerprint density at radius 1 is 0.500 bits per heavy atom. The largest absolute Gasteiger partial charge is 0.0619 e. The summed E-state index contributed by atoms with van der Waals surface area (Å²) in [6.07, 6.45) is 21.1. The van der Waals surface area contributed by atoms with E-state index in [-0.39, 0.29) is 0 Å². The van der Waals surface area contributed by atoms with Crippen LogP contribution in [0.25, 0.3) is 0 Å². The van der Waals surface area contributed by atoms with Crippen LogP contribution >= 0.6 is 0 Å². The van der Waals surface area contributed by atoms with Gasteiger partial charge >= 0.3 is 0 Å². The minimum absolute atomic E-state index is 0.497. The van der Waals surface area contributed by atoms with Crippen LogP contribution in [0.5, 0.6) is 0 Å². The van der Waals surface area contributed by atoms with Gasteiger partial charge in [-0.25, -0.2) is 0 Å². The molecule has 8 bridgehead atoms. The molecule has 0 amide bonds. The minimum atomic E-state index is 0.497. The van der Waals surface area contributed by atoms with E-state index in [0.29, 0.717) is 22.7 Å². The lowest BCUT2D eigenvalue weighted by molar-refractivity contribution is -0.0523. The van der Waals surface area contributed by atoms with Crippen molar-refractivity contribution in [3.05, 3.63) is 70.8 Å². The molecule has 8 aliphatic carbocycles. The zero-order valence-electron chi connectivity index (χ0n) is 24.1. The Labute approximate surface area is 232 Å². The lowest BCUT2D eigenvalue weighted by Crippen LogP contribution is -2.47. The van der Waals surface area contributed by atoms with Gasteiger partial charge in [0.1, 0.15) is 0 Å². The van der Waals surface area contributed by atoms with Gasteiger partial charge in [0.05, 0.1) is 0 Å². The van der Waals surface area contributed by atoms with Crippen molar-refractivity contribution < 1.29 is 0 Å². The topological polar surface area (TPSA) is 0 Å². The Bertz CT molecular complexity index is 987. The molecule has 0 aromatic heterocycles. The van der Waals surface area contributed by atoms with Crippen LogP contribution < -0.4 is 0 Å². The third kappa shape index (κ3) is 4.32. The second-order valence-electron chi connectivity index (χ2n) is 16.4. The van der Waals surface area contributed by atoms with Crippen LogP contribution in [0, 0.1) is 52.3 Å². The summed E-state index contributed by atoms with van der Waals surface area (Å²) in [5, 5.41) is 0. The van der Waals surface area contributed by atoms with Crippen LogP contribution in [-0.2, 0) is 12.8 Å². The van der Waals surface area contributed by atoms with Crippen LogP contribution in [0.1, 0.15) is 119 Å². The molecule has 8 fully saturated rings. The first-order chi connectivity index (χ1) is 18.4. The highest BCUT2D eigenvalue weighted by Crippen LogP contribution is 2.62. The van der Waals surface area contributed by atoms with Crippen molar-refractivity contribution in [3.8, 4) is 0 Å². The van der Waals surface area contributed by atoms with E-state index in [2.05, 4.69) is 62.4 Å². The SMILES string of the molecule is CC(C)C(c1ccc(CC23CC4CC(CC(C4)C2)C3)cc1)c1ccc(CC23CC4CC(CC(C4)C2)C3)cc1. The van der Waals surface area contributed by atoms with Crippen LogP contribution in [0.3, 0.4) is 0 Å². The second kappa shape index (κ2) is 8.97. The summed E-state index contributed by atoms with van der Waals surface area (Å²) in [6, 6.07) is 20.0. The fourth-order valence-electron chi connectivity index (χ4n) is 12.5. The molecule has 0 unspecified atom stereocenters. The molecule has 0 spiro atoms.